The van der Waals surface area contributed by atoms with E-state index in [1.54, 1.807) is 7.11 Å². The van der Waals surface area contributed by atoms with Crippen molar-refractivity contribution in [3.63, 3.8) is 0 Å². The first-order valence-electron chi connectivity index (χ1n) is 8.25. The van der Waals surface area contributed by atoms with Gasteiger partial charge in [0.2, 0.25) is 0 Å². The lowest BCUT2D eigenvalue weighted by Crippen LogP contribution is -2.21. The second-order valence-electron chi connectivity index (χ2n) is 6.59. The molecule has 4 nitrogen and oxygen atoms in total. The predicted molar refractivity (Wildman–Crippen MR) is 88.4 cm³/mol. The number of ether oxygens (including phenoxy) is 2. The van der Waals surface area contributed by atoms with Crippen molar-refractivity contribution in [1.29, 1.82) is 0 Å². The Balaban J connectivity index is 1.93. The predicted octanol–water partition coefficient (Wildman–Crippen LogP) is 2.93. The van der Waals surface area contributed by atoms with Gasteiger partial charge in [0.15, 0.2) is 11.5 Å². The van der Waals surface area contributed by atoms with Crippen LogP contribution in [0, 0.1) is 11.8 Å². The van der Waals surface area contributed by atoms with Crippen LogP contribution in [0.15, 0.2) is 18.2 Å². The fraction of sp³-hybridized carbons (Fsp3) is 0.667. The third-order valence-corrected chi connectivity index (χ3v) is 4.22. The Morgan fingerprint density at radius 3 is 2.77 bits per heavy atom. The van der Waals surface area contributed by atoms with Crippen molar-refractivity contribution in [2.75, 3.05) is 33.4 Å². The maximum Gasteiger partial charge on any atom is 0.161 e. The molecule has 1 unspecified atom stereocenters. The zero-order valence-electron chi connectivity index (χ0n) is 14.0. The molecule has 0 saturated carbocycles. The van der Waals surface area contributed by atoms with E-state index in [4.69, 9.17) is 9.47 Å². The molecule has 0 aromatic heterocycles. The van der Waals surface area contributed by atoms with E-state index < -0.39 is 0 Å². The molecule has 0 spiro atoms. The minimum atomic E-state index is 0.294. The molecule has 1 aliphatic rings. The molecular weight excluding hydrogens is 278 g/mol. The van der Waals surface area contributed by atoms with Crippen LogP contribution >= 0.6 is 0 Å². The van der Waals surface area contributed by atoms with E-state index in [0.717, 1.165) is 50.6 Å². The van der Waals surface area contributed by atoms with E-state index >= 15 is 0 Å². The molecule has 1 aromatic carbocycles. The molecule has 1 aromatic rings. The number of likely N-dealkylation sites (tertiary alicyclic amines) is 1. The molecule has 1 atom stereocenters. The van der Waals surface area contributed by atoms with Crippen molar-refractivity contribution < 1.29 is 14.6 Å². The molecule has 4 heteroatoms. The highest BCUT2D eigenvalue weighted by atomic mass is 16.5. The maximum absolute atomic E-state index is 9.23. The molecule has 0 bridgehead atoms. The number of aliphatic hydroxyl groups excluding tert-OH is 1. The first kappa shape index (κ1) is 17.1. The standard InChI is InChI=1S/C18H29NO3/c1-14(2)7-9-22-17-5-4-15(10-18(17)21-3)11-19-8-6-16(12-19)13-20/h4-5,10,14,16,20H,6-9,11-13H2,1-3H3. The summed E-state index contributed by atoms with van der Waals surface area (Å²) in [5.41, 5.74) is 1.23. The fourth-order valence-electron chi connectivity index (χ4n) is 2.80. The molecule has 1 N–H and O–H groups in total. The van der Waals surface area contributed by atoms with Crippen molar-refractivity contribution >= 4 is 0 Å². The van der Waals surface area contributed by atoms with Crippen LogP contribution in [-0.2, 0) is 6.54 Å². The largest absolute Gasteiger partial charge is 0.493 e. The first-order valence-corrected chi connectivity index (χ1v) is 8.25. The number of hydrogen-bond acceptors (Lipinski definition) is 4. The maximum atomic E-state index is 9.23. The van der Waals surface area contributed by atoms with Crippen LogP contribution in [0.25, 0.3) is 0 Å². The minimum absolute atomic E-state index is 0.294. The van der Waals surface area contributed by atoms with E-state index in [1.165, 1.54) is 5.56 Å². The van der Waals surface area contributed by atoms with Crippen LogP contribution in [-0.4, -0.2) is 43.4 Å². The summed E-state index contributed by atoms with van der Waals surface area (Å²) in [5.74, 6) is 2.70. The van der Waals surface area contributed by atoms with Crippen LogP contribution in [0.5, 0.6) is 11.5 Å². The fourth-order valence-corrected chi connectivity index (χ4v) is 2.80. The lowest BCUT2D eigenvalue weighted by atomic mass is 10.1. The Bertz CT molecular complexity index is 462. The van der Waals surface area contributed by atoms with Gasteiger partial charge >= 0.3 is 0 Å². The van der Waals surface area contributed by atoms with E-state index in [-0.39, 0.29) is 0 Å². The Hall–Kier alpha value is -1.26. The summed E-state index contributed by atoms with van der Waals surface area (Å²) in [7, 11) is 1.69. The van der Waals surface area contributed by atoms with Crippen molar-refractivity contribution in [2.24, 2.45) is 11.8 Å². The van der Waals surface area contributed by atoms with Gasteiger partial charge in [0.05, 0.1) is 13.7 Å². The second-order valence-corrected chi connectivity index (χ2v) is 6.59. The third kappa shape index (κ3) is 4.89. The van der Waals surface area contributed by atoms with Gasteiger partial charge in [-0.05, 0) is 48.9 Å². The average Bonchev–Trinajstić information content (AvgIpc) is 2.95. The number of benzene rings is 1. The van der Waals surface area contributed by atoms with Crippen LogP contribution in [0.2, 0.25) is 0 Å². The Morgan fingerprint density at radius 2 is 2.14 bits per heavy atom. The highest BCUT2D eigenvalue weighted by Gasteiger charge is 2.21. The number of methoxy groups -OCH3 is 1. The number of aliphatic hydroxyl groups is 1. The number of rotatable bonds is 8. The smallest absolute Gasteiger partial charge is 0.161 e. The lowest BCUT2D eigenvalue weighted by Gasteiger charge is -2.17. The third-order valence-electron chi connectivity index (χ3n) is 4.22. The summed E-state index contributed by atoms with van der Waals surface area (Å²) in [6.07, 6.45) is 2.13. The van der Waals surface area contributed by atoms with Crippen LogP contribution < -0.4 is 9.47 Å². The first-order chi connectivity index (χ1) is 10.6. The topological polar surface area (TPSA) is 41.9 Å². The van der Waals surface area contributed by atoms with Gasteiger partial charge in [-0.3, -0.25) is 4.90 Å². The highest BCUT2D eigenvalue weighted by molar-refractivity contribution is 5.43. The van der Waals surface area contributed by atoms with Gasteiger partial charge in [-0.2, -0.15) is 0 Å². The Morgan fingerprint density at radius 1 is 1.32 bits per heavy atom. The van der Waals surface area contributed by atoms with E-state index in [2.05, 4.69) is 30.9 Å². The van der Waals surface area contributed by atoms with Crippen LogP contribution in [0.1, 0.15) is 32.3 Å². The second kappa shape index (κ2) is 8.39. The van der Waals surface area contributed by atoms with Gasteiger partial charge in [0, 0.05) is 19.7 Å². The zero-order valence-corrected chi connectivity index (χ0v) is 14.0. The van der Waals surface area contributed by atoms with E-state index in [1.807, 2.05) is 6.07 Å². The summed E-state index contributed by atoms with van der Waals surface area (Å²) >= 11 is 0. The average molecular weight is 307 g/mol. The number of nitrogens with zero attached hydrogens (tertiary/aromatic N) is 1. The van der Waals surface area contributed by atoms with E-state index in [9.17, 15) is 5.11 Å². The summed E-state index contributed by atoms with van der Waals surface area (Å²) < 4.78 is 11.3. The van der Waals surface area contributed by atoms with Crippen molar-refractivity contribution in [3.05, 3.63) is 23.8 Å². The summed E-state index contributed by atoms with van der Waals surface area (Å²) in [5, 5.41) is 9.23. The highest BCUT2D eigenvalue weighted by Crippen LogP contribution is 2.29. The number of hydrogen-bond donors (Lipinski definition) is 1. The van der Waals surface area contributed by atoms with Gasteiger partial charge in [0.25, 0.3) is 0 Å². The van der Waals surface area contributed by atoms with Crippen molar-refractivity contribution in [2.45, 2.75) is 33.2 Å². The lowest BCUT2D eigenvalue weighted by molar-refractivity contribution is 0.220. The van der Waals surface area contributed by atoms with E-state index in [0.29, 0.717) is 18.4 Å². The Labute approximate surface area is 134 Å². The molecule has 1 saturated heterocycles. The zero-order chi connectivity index (χ0) is 15.9. The molecule has 0 radical (unpaired) electrons. The van der Waals surface area contributed by atoms with Gasteiger partial charge in [-0.1, -0.05) is 19.9 Å². The molecule has 1 aliphatic heterocycles. The monoisotopic (exact) mass is 307 g/mol. The quantitative estimate of drug-likeness (QED) is 0.802. The van der Waals surface area contributed by atoms with Gasteiger partial charge < -0.3 is 14.6 Å². The Kier molecular flexibility index (Phi) is 6.52. The summed E-state index contributed by atoms with van der Waals surface area (Å²) in [6.45, 7) is 8.34. The molecule has 124 valence electrons. The summed E-state index contributed by atoms with van der Waals surface area (Å²) in [6, 6.07) is 6.19. The van der Waals surface area contributed by atoms with Gasteiger partial charge in [-0.15, -0.1) is 0 Å². The molecular formula is C18H29NO3. The minimum Gasteiger partial charge on any atom is -0.493 e. The molecule has 0 amide bonds. The molecule has 1 fully saturated rings. The van der Waals surface area contributed by atoms with Gasteiger partial charge in [-0.25, -0.2) is 0 Å². The normalized spacial score (nSPS) is 18.9. The van der Waals surface area contributed by atoms with Crippen LogP contribution in [0.3, 0.4) is 0 Å². The molecule has 22 heavy (non-hydrogen) atoms. The molecule has 1 heterocycles. The molecule has 0 aliphatic carbocycles. The van der Waals surface area contributed by atoms with Crippen LogP contribution in [0.4, 0.5) is 0 Å². The SMILES string of the molecule is COc1cc(CN2CCC(CO)C2)ccc1OCCC(C)C. The van der Waals surface area contributed by atoms with Crippen molar-refractivity contribution in [3.8, 4) is 11.5 Å². The summed E-state index contributed by atoms with van der Waals surface area (Å²) in [4.78, 5) is 2.38. The van der Waals surface area contributed by atoms with Gasteiger partial charge in [0.1, 0.15) is 0 Å². The van der Waals surface area contributed by atoms with Crippen molar-refractivity contribution in [1.82, 2.24) is 4.90 Å². The molecule has 2 rings (SSSR count).